The first-order valence-corrected chi connectivity index (χ1v) is 7.24. The molecule has 0 unspecified atom stereocenters. The smallest absolute Gasteiger partial charge is 0.317 e. The lowest BCUT2D eigenvalue weighted by Gasteiger charge is -2.26. The molecule has 0 aromatic heterocycles. The zero-order valence-electron chi connectivity index (χ0n) is 12.3. The molecule has 0 amide bonds. The normalized spacial score (nSPS) is 11.0. The van der Waals surface area contributed by atoms with Gasteiger partial charge in [0.15, 0.2) is 0 Å². The van der Waals surface area contributed by atoms with Crippen LogP contribution >= 0.6 is 0 Å². The molecule has 0 aliphatic rings. The monoisotopic (exact) mass is 283 g/mol. The highest BCUT2D eigenvalue weighted by atomic mass is 16.4. The molecule has 110 valence electrons. The van der Waals surface area contributed by atoms with Gasteiger partial charge in [-0.1, -0.05) is 67.6 Å². The summed E-state index contributed by atoms with van der Waals surface area (Å²) in [5.41, 5.74) is 2.43. The van der Waals surface area contributed by atoms with Gasteiger partial charge in [0, 0.05) is 12.5 Å². The van der Waals surface area contributed by atoms with E-state index in [-0.39, 0.29) is 12.5 Å². The number of carboxylic acid groups (broad SMARTS) is 1. The molecular weight excluding hydrogens is 262 g/mol. The molecule has 0 spiro atoms. The Morgan fingerprint density at radius 3 is 1.86 bits per heavy atom. The molecule has 21 heavy (non-hydrogen) atoms. The van der Waals surface area contributed by atoms with Crippen LogP contribution in [0.25, 0.3) is 0 Å². The number of benzene rings is 2. The summed E-state index contributed by atoms with van der Waals surface area (Å²) in [6.45, 7) is 3.50. The number of nitrogens with zero attached hydrogens (tertiary/aromatic N) is 1. The van der Waals surface area contributed by atoms with Crippen LogP contribution in [0.4, 0.5) is 0 Å². The average Bonchev–Trinajstić information content (AvgIpc) is 2.52. The minimum Gasteiger partial charge on any atom is -0.480 e. The standard InChI is InChI=1S/C18H21NO2/c1-2-19(14-18(20)21)13-17(15-9-5-3-6-10-15)16-11-7-4-8-12-16/h3-12,17H,2,13-14H2,1H3,(H,20,21). The third-order valence-corrected chi connectivity index (χ3v) is 3.65. The molecule has 0 heterocycles. The molecule has 0 saturated heterocycles. The van der Waals surface area contributed by atoms with E-state index >= 15 is 0 Å². The van der Waals surface area contributed by atoms with Gasteiger partial charge in [-0.05, 0) is 17.7 Å². The van der Waals surface area contributed by atoms with Gasteiger partial charge in [0.05, 0.1) is 6.54 Å². The van der Waals surface area contributed by atoms with Crippen molar-refractivity contribution in [3.05, 3.63) is 71.8 Å². The predicted molar refractivity (Wildman–Crippen MR) is 84.5 cm³/mol. The molecule has 0 fully saturated rings. The number of hydrogen-bond acceptors (Lipinski definition) is 2. The fourth-order valence-corrected chi connectivity index (χ4v) is 2.53. The summed E-state index contributed by atoms with van der Waals surface area (Å²) in [6, 6.07) is 20.5. The molecule has 1 N–H and O–H groups in total. The number of carboxylic acids is 1. The molecule has 0 bridgehead atoms. The first-order chi connectivity index (χ1) is 10.2. The SMILES string of the molecule is CCN(CC(=O)O)CC(c1ccccc1)c1ccccc1. The number of carbonyl (C=O) groups is 1. The van der Waals surface area contributed by atoms with Gasteiger partial charge in [-0.2, -0.15) is 0 Å². The Labute approximate surface area is 125 Å². The fourth-order valence-electron chi connectivity index (χ4n) is 2.53. The highest BCUT2D eigenvalue weighted by molar-refractivity contribution is 5.69. The topological polar surface area (TPSA) is 40.5 Å². The number of rotatable bonds is 7. The first-order valence-electron chi connectivity index (χ1n) is 7.24. The Hall–Kier alpha value is -2.13. The highest BCUT2D eigenvalue weighted by Gasteiger charge is 2.18. The third-order valence-electron chi connectivity index (χ3n) is 3.65. The van der Waals surface area contributed by atoms with Crippen molar-refractivity contribution in [2.45, 2.75) is 12.8 Å². The Balaban J connectivity index is 2.26. The Kier molecular flexibility index (Phi) is 5.52. The summed E-state index contributed by atoms with van der Waals surface area (Å²) in [6.07, 6.45) is 0. The molecule has 0 aliphatic carbocycles. The third kappa shape index (κ3) is 4.43. The van der Waals surface area contributed by atoms with Gasteiger partial charge in [-0.25, -0.2) is 0 Å². The first kappa shape index (κ1) is 15.3. The van der Waals surface area contributed by atoms with Crippen molar-refractivity contribution in [2.75, 3.05) is 19.6 Å². The van der Waals surface area contributed by atoms with Gasteiger partial charge >= 0.3 is 5.97 Å². The van der Waals surface area contributed by atoms with Gasteiger partial charge in [0.2, 0.25) is 0 Å². The number of aliphatic carboxylic acids is 1. The van der Waals surface area contributed by atoms with Crippen LogP contribution in [0.5, 0.6) is 0 Å². The number of hydrogen-bond donors (Lipinski definition) is 1. The molecule has 2 aromatic rings. The van der Waals surface area contributed by atoms with E-state index in [9.17, 15) is 4.79 Å². The van der Waals surface area contributed by atoms with Gasteiger partial charge in [0.1, 0.15) is 0 Å². The molecule has 2 aromatic carbocycles. The van der Waals surface area contributed by atoms with E-state index in [1.165, 1.54) is 11.1 Å². The summed E-state index contributed by atoms with van der Waals surface area (Å²) in [5, 5.41) is 9.03. The summed E-state index contributed by atoms with van der Waals surface area (Å²) < 4.78 is 0. The predicted octanol–water partition coefficient (Wildman–Crippen LogP) is 3.23. The highest BCUT2D eigenvalue weighted by Crippen LogP contribution is 2.25. The van der Waals surface area contributed by atoms with Crippen molar-refractivity contribution in [1.82, 2.24) is 4.90 Å². The minimum atomic E-state index is -0.781. The Bertz CT molecular complexity index is 514. The van der Waals surface area contributed by atoms with Crippen molar-refractivity contribution in [3.8, 4) is 0 Å². The van der Waals surface area contributed by atoms with Gasteiger partial charge in [-0.15, -0.1) is 0 Å². The van der Waals surface area contributed by atoms with Crippen LogP contribution in [0.3, 0.4) is 0 Å². The van der Waals surface area contributed by atoms with Crippen LogP contribution in [-0.2, 0) is 4.79 Å². The molecule has 3 nitrogen and oxygen atoms in total. The van der Waals surface area contributed by atoms with E-state index in [0.717, 1.165) is 6.54 Å². The molecule has 2 rings (SSSR count). The maximum atomic E-state index is 11.0. The maximum absolute atomic E-state index is 11.0. The van der Waals surface area contributed by atoms with E-state index in [4.69, 9.17) is 5.11 Å². The lowest BCUT2D eigenvalue weighted by molar-refractivity contribution is -0.138. The van der Waals surface area contributed by atoms with Crippen LogP contribution in [0.15, 0.2) is 60.7 Å². The van der Waals surface area contributed by atoms with Crippen LogP contribution in [0.1, 0.15) is 24.0 Å². The quantitative estimate of drug-likeness (QED) is 0.848. The Morgan fingerprint density at radius 2 is 1.48 bits per heavy atom. The van der Waals surface area contributed by atoms with E-state index in [2.05, 4.69) is 24.3 Å². The van der Waals surface area contributed by atoms with Crippen LogP contribution < -0.4 is 0 Å². The molecule has 0 saturated carbocycles. The van der Waals surface area contributed by atoms with Crippen molar-refractivity contribution in [3.63, 3.8) is 0 Å². The average molecular weight is 283 g/mol. The van der Waals surface area contributed by atoms with Crippen LogP contribution in [-0.4, -0.2) is 35.6 Å². The second kappa shape index (κ2) is 7.60. The summed E-state index contributed by atoms with van der Waals surface area (Å²) in [7, 11) is 0. The van der Waals surface area contributed by atoms with Crippen molar-refractivity contribution < 1.29 is 9.90 Å². The molecule has 3 heteroatoms. The lowest BCUT2D eigenvalue weighted by atomic mass is 9.91. The lowest BCUT2D eigenvalue weighted by Crippen LogP contribution is -2.33. The zero-order valence-corrected chi connectivity index (χ0v) is 12.3. The summed E-state index contributed by atoms with van der Waals surface area (Å²) in [5.74, 6) is -0.594. The van der Waals surface area contributed by atoms with E-state index < -0.39 is 5.97 Å². The van der Waals surface area contributed by atoms with Gasteiger partial charge < -0.3 is 5.11 Å². The second-order valence-corrected chi connectivity index (χ2v) is 5.10. The number of likely N-dealkylation sites (N-methyl/N-ethyl adjacent to an activating group) is 1. The van der Waals surface area contributed by atoms with E-state index in [1.807, 2.05) is 48.2 Å². The van der Waals surface area contributed by atoms with Crippen molar-refractivity contribution in [1.29, 1.82) is 0 Å². The summed E-state index contributed by atoms with van der Waals surface area (Å²) >= 11 is 0. The largest absolute Gasteiger partial charge is 0.480 e. The van der Waals surface area contributed by atoms with Crippen LogP contribution in [0.2, 0.25) is 0 Å². The molecular formula is C18H21NO2. The minimum absolute atomic E-state index is 0.0761. The Morgan fingerprint density at radius 1 is 1.00 bits per heavy atom. The molecule has 0 aliphatic heterocycles. The van der Waals surface area contributed by atoms with Crippen molar-refractivity contribution >= 4 is 5.97 Å². The van der Waals surface area contributed by atoms with Gasteiger partial charge in [-0.3, -0.25) is 9.69 Å². The van der Waals surface area contributed by atoms with E-state index in [0.29, 0.717) is 6.54 Å². The fraction of sp³-hybridized carbons (Fsp3) is 0.278. The zero-order chi connectivity index (χ0) is 15.1. The van der Waals surface area contributed by atoms with Gasteiger partial charge in [0.25, 0.3) is 0 Å². The maximum Gasteiger partial charge on any atom is 0.317 e. The molecule has 0 atom stereocenters. The van der Waals surface area contributed by atoms with Crippen molar-refractivity contribution in [2.24, 2.45) is 0 Å². The molecule has 0 radical (unpaired) electrons. The van der Waals surface area contributed by atoms with Crippen LogP contribution in [0, 0.1) is 0 Å². The second-order valence-electron chi connectivity index (χ2n) is 5.10. The van der Waals surface area contributed by atoms with E-state index in [1.54, 1.807) is 0 Å². The summed E-state index contributed by atoms with van der Waals surface area (Å²) in [4.78, 5) is 12.9.